The van der Waals surface area contributed by atoms with Gasteiger partial charge in [-0.15, -0.1) is 13.2 Å². The van der Waals surface area contributed by atoms with E-state index in [1.807, 2.05) is 12.2 Å². The number of carbonyl (C=O) groups is 1. The SMILES string of the molecule is NC(=O)C1C2C=CC(C2)C1NC1=N[C@H](Nc2ccc(OC(F)(F)F)c(Cl)c2)N=CC1(F)F. The molecule has 1 aliphatic heterocycles. The fourth-order valence-electron chi connectivity index (χ4n) is 4.18. The van der Waals surface area contributed by atoms with Gasteiger partial charge in [-0.2, -0.15) is 8.78 Å². The number of aliphatic imine (C=N–C) groups is 2. The van der Waals surface area contributed by atoms with Crippen LogP contribution in [0.3, 0.4) is 0 Å². The maximum absolute atomic E-state index is 14.4. The van der Waals surface area contributed by atoms with Gasteiger partial charge in [-0.1, -0.05) is 23.8 Å². The molecule has 2 aliphatic carbocycles. The number of rotatable bonds is 5. The van der Waals surface area contributed by atoms with E-state index in [2.05, 4.69) is 25.4 Å². The molecule has 1 fully saturated rings. The summed E-state index contributed by atoms with van der Waals surface area (Å²) in [6.45, 7) is 0. The number of amides is 1. The molecule has 4 unspecified atom stereocenters. The van der Waals surface area contributed by atoms with Crippen molar-refractivity contribution < 1.29 is 31.5 Å². The summed E-state index contributed by atoms with van der Waals surface area (Å²) in [5.41, 5.74) is 5.65. The van der Waals surface area contributed by atoms with E-state index in [0.29, 0.717) is 12.6 Å². The fourth-order valence-corrected chi connectivity index (χ4v) is 4.40. The first-order chi connectivity index (χ1) is 14.9. The van der Waals surface area contributed by atoms with Gasteiger partial charge in [-0.05, 0) is 36.5 Å². The molecule has 172 valence electrons. The number of carbonyl (C=O) groups excluding carboxylic acids is 1. The molecule has 1 saturated carbocycles. The standard InChI is InChI=1S/C19H17ClF5N5O2/c20-11-6-10(3-4-12(11)32-19(23,24)25)28-17-27-7-18(21,22)16(30-17)29-14-9-2-1-8(5-9)13(14)15(26)31/h1-4,6-9,13-14,17,28H,5H2,(H2,26,31)(H,29,30)/t8?,9?,13?,14?,17-/m0/s1. The molecule has 0 spiro atoms. The van der Waals surface area contributed by atoms with E-state index < -0.39 is 48.0 Å². The van der Waals surface area contributed by atoms with Crippen molar-refractivity contribution in [3.05, 3.63) is 35.4 Å². The van der Waals surface area contributed by atoms with Gasteiger partial charge in [-0.3, -0.25) is 4.79 Å². The zero-order valence-corrected chi connectivity index (χ0v) is 16.9. The molecule has 2 bridgehead atoms. The molecule has 13 heteroatoms. The highest BCUT2D eigenvalue weighted by Crippen LogP contribution is 2.44. The van der Waals surface area contributed by atoms with Crippen LogP contribution in [0.25, 0.3) is 0 Å². The van der Waals surface area contributed by atoms with Crippen molar-refractivity contribution in [1.82, 2.24) is 5.32 Å². The second-order valence-electron chi connectivity index (χ2n) is 7.64. The number of benzene rings is 1. The Balaban J connectivity index is 1.51. The molecule has 1 aromatic carbocycles. The quantitative estimate of drug-likeness (QED) is 0.447. The van der Waals surface area contributed by atoms with Gasteiger partial charge < -0.3 is 21.1 Å². The predicted octanol–water partition coefficient (Wildman–Crippen LogP) is 3.32. The summed E-state index contributed by atoms with van der Waals surface area (Å²) in [6, 6.07) is 2.67. The number of hydrogen-bond acceptors (Lipinski definition) is 6. The summed E-state index contributed by atoms with van der Waals surface area (Å²) >= 11 is 5.80. The number of nitrogens with zero attached hydrogens (tertiary/aromatic N) is 2. The number of nitrogens with one attached hydrogen (secondary N) is 2. The van der Waals surface area contributed by atoms with Crippen LogP contribution in [0.4, 0.5) is 27.6 Å². The number of allylic oxidation sites excluding steroid dienone is 1. The lowest BCUT2D eigenvalue weighted by Gasteiger charge is -2.31. The molecule has 3 aliphatic rings. The minimum Gasteiger partial charge on any atom is -0.404 e. The van der Waals surface area contributed by atoms with Crippen LogP contribution in [0.5, 0.6) is 5.75 Å². The van der Waals surface area contributed by atoms with Crippen molar-refractivity contribution in [3.8, 4) is 5.75 Å². The summed E-state index contributed by atoms with van der Waals surface area (Å²) in [5.74, 6) is -6.29. The minimum absolute atomic E-state index is 0.116. The number of nitrogens with two attached hydrogens (primary N) is 1. The zero-order valence-electron chi connectivity index (χ0n) is 16.1. The first-order valence-corrected chi connectivity index (χ1v) is 9.87. The van der Waals surface area contributed by atoms with E-state index in [0.717, 1.165) is 12.1 Å². The molecule has 1 aromatic rings. The largest absolute Gasteiger partial charge is 0.573 e. The van der Waals surface area contributed by atoms with Gasteiger partial charge in [0.05, 0.1) is 17.2 Å². The van der Waals surface area contributed by atoms with Gasteiger partial charge in [0.2, 0.25) is 12.2 Å². The van der Waals surface area contributed by atoms with Gasteiger partial charge in [-0.25, -0.2) is 9.98 Å². The molecule has 0 saturated heterocycles. The van der Waals surface area contributed by atoms with Crippen LogP contribution < -0.4 is 21.1 Å². The minimum atomic E-state index is -4.92. The normalized spacial score (nSPS) is 30.2. The molecule has 0 aromatic heterocycles. The topological polar surface area (TPSA) is 101 Å². The lowest BCUT2D eigenvalue weighted by atomic mass is 9.88. The maximum atomic E-state index is 14.4. The van der Waals surface area contributed by atoms with E-state index >= 15 is 0 Å². The van der Waals surface area contributed by atoms with Crippen LogP contribution in [-0.4, -0.2) is 42.6 Å². The molecule has 7 nitrogen and oxygen atoms in total. The average molecular weight is 478 g/mol. The zero-order chi connectivity index (χ0) is 23.3. The van der Waals surface area contributed by atoms with Gasteiger partial charge in [0.15, 0.2) is 5.84 Å². The number of alkyl halides is 5. The van der Waals surface area contributed by atoms with Gasteiger partial charge in [0, 0.05) is 11.7 Å². The maximum Gasteiger partial charge on any atom is 0.573 e. The summed E-state index contributed by atoms with van der Waals surface area (Å²) in [4.78, 5) is 19.4. The fraction of sp³-hybridized carbons (Fsp3) is 0.421. The van der Waals surface area contributed by atoms with Crippen LogP contribution in [-0.2, 0) is 4.79 Å². The van der Waals surface area contributed by atoms with Crippen LogP contribution in [0.15, 0.2) is 40.3 Å². The Labute approximate surface area is 183 Å². The van der Waals surface area contributed by atoms with Crippen molar-refractivity contribution >= 4 is 35.2 Å². The summed E-state index contributed by atoms with van der Waals surface area (Å²) in [5, 5.41) is 5.02. The Morgan fingerprint density at radius 2 is 1.94 bits per heavy atom. The molecule has 0 radical (unpaired) electrons. The Morgan fingerprint density at radius 1 is 1.22 bits per heavy atom. The lowest BCUT2D eigenvalue weighted by molar-refractivity contribution is -0.274. The highest BCUT2D eigenvalue weighted by Gasteiger charge is 2.50. The Morgan fingerprint density at radius 3 is 2.59 bits per heavy atom. The van der Waals surface area contributed by atoms with Crippen molar-refractivity contribution in [1.29, 1.82) is 0 Å². The molecule has 4 rings (SSSR count). The van der Waals surface area contributed by atoms with Gasteiger partial charge >= 0.3 is 12.3 Å². The average Bonchev–Trinajstić information content (AvgIpc) is 3.27. The smallest absolute Gasteiger partial charge is 0.404 e. The number of hydrogen-bond donors (Lipinski definition) is 3. The molecular formula is C19H17ClF5N5O2. The number of primary amides is 1. The van der Waals surface area contributed by atoms with Crippen molar-refractivity contribution in [2.75, 3.05) is 5.32 Å². The number of anilines is 1. The lowest BCUT2D eigenvalue weighted by Crippen LogP contribution is -2.54. The number of amidine groups is 1. The van der Waals surface area contributed by atoms with Crippen LogP contribution in [0.1, 0.15) is 6.42 Å². The molecule has 4 N–H and O–H groups in total. The van der Waals surface area contributed by atoms with E-state index in [1.54, 1.807) is 0 Å². The number of ether oxygens (including phenoxy) is 1. The molecule has 1 amide bonds. The number of fused-ring (bicyclic) bond motifs is 2. The van der Waals surface area contributed by atoms with Gasteiger partial charge in [0.1, 0.15) is 5.75 Å². The summed E-state index contributed by atoms with van der Waals surface area (Å²) in [6.07, 6.45) is -1.36. The van der Waals surface area contributed by atoms with Gasteiger partial charge in [0.25, 0.3) is 0 Å². The van der Waals surface area contributed by atoms with Crippen molar-refractivity contribution in [2.45, 2.75) is 31.0 Å². The monoisotopic (exact) mass is 477 g/mol. The molecule has 5 atom stereocenters. The first-order valence-electron chi connectivity index (χ1n) is 9.49. The van der Waals surface area contributed by atoms with E-state index in [-0.39, 0.29) is 22.5 Å². The third-order valence-corrected chi connectivity index (χ3v) is 5.78. The number of halogens is 6. The van der Waals surface area contributed by atoms with Crippen LogP contribution in [0, 0.1) is 17.8 Å². The third kappa shape index (κ3) is 4.50. The third-order valence-electron chi connectivity index (χ3n) is 5.49. The van der Waals surface area contributed by atoms with Crippen molar-refractivity contribution in [3.63, 3.8) is 0 Å². The van der Waals surface area contributed by atoms with E-state index in [1.165, 1.54) is 6.07 Å². The Kier molecular flexibility index (Phi) is 5.51. The first kappa shape index (κ1) is 22.3. The van der Waals surface area contributed by atoms with E-state index in [4.69, 9.17) is 17.3 Å². The second-order valence-corrected chi connectivity index (χ2v) is 8.04. The highest BCUT2D eigenvalue weighted by atomic mass is 35.5. The van der Waals surface area contributed by atoms with Crippen LogP contribution in [0.2, 0.25) is 5.02 Å². The Bertz CT molecular complexity index is 1010. The van der Waals surface area contributed by atoms with Crippen molar-refractivity contribution in [2.24, 2.45) is 33.5 Å². The molecule has 1 heterocycles. The summed E-state index contributed by atoms with van der Waals surface area (Å²) in [7, 11) is 0. The highest BCUT2D eigenvalue weighted by molar-refractivity contribution is 6.32. The summed E-state index contributed by atoms with van der Waals surface area (Å²) < 4.78 is 69.7. The predicted molar refractivity (Wildman–Crippen MR) is 107 cm³/mol. The molecule has 32 heavy (non-hydrogen) atoms. The molecular weight excluding hydrogens is 461 g/mol. The Hall–Kier alpha value is -2.89. The second kappa shape index (κ2) is 7.91. The van der Waals surface area contributed by atoms with E-state index in [9.17, 15) is 26.7 Å². The van der Waals surface area contributed by atoms with Crippen LogP contribution >= 0.6 is 11.6 Å².